The lowest BCUT2D eigenvalue weighted by Crippen LogP contribution is -2.02. The van der Waals surface area contributed by atoms with Gasteiger partial charge in [0.05, 0.1) is 0 Å². The van der Waals surface area contributed by atoms with Crippen LogP contribution < -0.4 is 5.73 Å². The number of nitrogens with one attached hydrogen (secondary N) is 1. The molecule has 0 aliphatic rings. The van der Waals surface area contributed by atoms with Crippen LogP contribution in [0.25, 0.3) is 0 Å². The molecule has 0 aliphatic heterocycles. The van der Waals surface area contributed by atoms with Gasteiger partial charge in [0.1, 0.15) is 0 Å². The first-order valence-electron chi connectivity index (χ1n) is 2.16. The van der Waals surface area contributed by atoms with E-state index in [-0.39, 0.29) is 0 Å². The lowest BCUT2D eigenvalue weighted by atomic mass is 10.3. The van der Waals surface area contributed by atoms with E-state index >= 15 is 0 Å². The molecular formula is C3H6BF4N2-. The minimum atomic E-state index is -6.00. The van der Waals surface area contributed by atoms with Crippen LogP contribution in [0.1, 0.15) is 0 Å². The fraction of sp³-hybridized carbons (Fsp3) is 0. The van der Waals surface area contributed by atoms with Gasteiger partial charge in [-0.15, -0.1) is 0 Å². The molecule has 0 heterocycles. The fourth-order valence-electron chi connectivity index (χ4n) is 0.0556. The zero-order valence-corrected chi connectivity index (χ0v) is 4.90. The second-order valence-electron chi connectivity index (χ2n) is 1.05. The maximum absolute atomic E-state index is 9.75. The molecule has 60 valence electrons. The molecule has 7 heteroatoms. The van der Waals surface area contributed by atoms with Crippen LogP contribution in [0.4, 0.5) is 17.3 Å². The molecule has 0 rings (SSSR count). The van der Waals surface area contributed by atoms with E-state index in [1.807, 2.05) is 0 Å². The van der Waals surface area contributed by atoms with Crippen molar-refractivity contribution in [1.82, 2.24) is 0 Å². The number of hydrogen-bond acceptors (Lipinski definition) is 2. The van der Waals surface area contributed by atoms with E-state index in [1.54, 1.807) is 0 Å². The Morgan fingerprint density at radius 3 is 1.50 bits per heavy atom. The second-order valence-corrected chi connectivity index (χ2v) is 1.05. The third-order valence-electron chi connectivity index (χ3n) is 0.207. The standard InChI is InChI=1S/C3H6N2.BF4/c4-2-1-3-5;2-1(3,4)5/h1-4H,5H2;/q;-1. The van der Waals surface area contributed by atoms with Crippen molar-refractivity contribution >= 4 is 13.5 Å². The van der Waals surface area contributed by atoms with Crippen molar-refractivity contribution in [3.8, 4) is 0 Å². The van der Waals surface area contributed by atoms with Crippen molar-refractivity contribution in [2.75, 3.05) is 0 Å². The predicted molar refractivity (Wildman–Crippen MR) is 32.3 cm³/mol. The average Bonchev–Trinajstić information content (AvgIpc) is 1.63. The zero-order valence-electron chi connectivity index (χ0n) is 4.90. The second kappa shape index (κ2) is 6.12. The smallest absolute Gasteiger partial charge is 0.418 e. The summed E-state index contributed by atoms with van der Waals surface area (Å²) in [7, 11) is -6.00. The molecule has 0 aliphatic carbocycles. The Balaban J connectivity index is 0. The molecular weight excluding hydrogens is 151 g/mol. The van der Waals surface area contributed by atoms with Crippen LogP contribution in [0, 0.1) is 5.41 Å². The molecule has 0 aromatic heterocycles. The highest BCUT2D eigenvalue weighted by molar-refractivity contribution is 6.50. The Morgan fingerprint density at radius 2 is 1.50 bits per heavy atom. The summed E-state index contributed by atoms with van der Waals surface area (Å²) in [6.07, 6.45) is 3.88. The molecule has 0 saturated carbocycles. The lowest BCUT2D eigenvalue weighted by molar-refractivity contribution is 0.368. The van der Waals surface area contributed by atoms with Gasteiger partial charge in [-0.3, -0.25) is 0 Å². The summed E-state index contributed by atoms with van der Waals surface area (Å²) in [4.78, 5) is 0. The zero-order chi connectivity index (χ0) is 8.62. The lowest BCUT2D eigenvalue weighted by Gasteiger charge is -1.94. The summed E-state index contributed by atoms with van der Waals surface area (Å²) in [5.74, 6) is 0. The first-order valence-corrected chi connectivity index (χ1v) is 2.16. The fourth-order valence-corrected chi connectivity index (χ4v) is 0.0556. The minimum absolute atomic E-state index is 1.12. The highest BCUT2D eigenvalue weighted by Gasteiger charge is 2.20. The third kappa shape index (κ3) is 254. The van der Waals surface area contributed by atoms with E-state index < -0.39 is 7.25 Å². The van der Waals surface area contributed by atoms with Crippen molar-refractivity contribution < 1.29 is 17.3 Å². The van der Waals surface area contributed by atoms with Gasteiger partial charge >= 0.3 is 7.25 Å². The van der Waals surface area contributed by atoms with Gasteiger partial charge in [0.25, 0.3) is 0 Å². The molecule has 0 unspecified atom stereocenters. The van der Waals surface area contributed by atoms with Gasteiger partial charge < -0.3 is 28.4 Å². The summed E-state index contributed by atoms with van der Waals surface area (Å²) in [6.45, 7) is 0. The van der Waals surface area contributed by atoms with E-state index in [4.69, 9.17) is 11.1 Å². The van der Waals surface area contributed by atoms with E-state index in [2.05, 4.69) is 0 Å². The highest BCUT2D eigenvalue weighted by Crippen LogP contribution is 2.06. The van der Waals surface area contributed by atoms with E-state index in [9.17, 15) is 17.3 Å². The predicted octanol–water partition coefficient (Wildman–Crippen LogP) is 1.41. The molecule has 0 amide bonds. The Hall–Kier alpha value is -1.01. The number of nitrogens with two attached hydrogens (primary N) is 1. The number of allylic oxidation sites excluding steroid dienone is 1. The molecule has 0 radical (unpaired) electrons. The largest absolute Gasteiger partial charge is 0.673 e. The first kappa shape index (κ1) is 11.8. The summed E-state index contributed by atoms with van der Waals surface area (Å²) in [6, 6.07) is 0. The van der Waals surface area contributed by atoms with Crippen LogP contribution in [0.15, 0.2) is 12.3 Å². The Kier molecular flexibility index (Phi) is 7.19. The summed E-state index contributed by atoms with van der Waals surface area (Å²) in [5.41, 5.74) is 4.81. The number of hydrogen-bond donors (Lipinski definition) is 2. The molecule has 0 fully saturated rings. The van der Waals surface area contributed by atoms with Gasteiger partial charge in [0, 0.05) is 6.21 Å². The molecule has 0 aromatic rings. The van der Waals surface area contributed by atoms with Crippen molar-refractivity contribution in [1.29, 1.82) is 5.41 Å². The van der Waals surface area contributed by atoms with Crippen LogP contribution in [-0.2, 0) is 0 Å². The van der Waals surface area contributed by atoms with Gasteiger partial charge in [0.15, 0.2) is 0 Å². The summed E-state index contributed by atoms with van der Waals surface area (Å²) >= 11 is 0. The van der Waals surface area contributed by atoms with Crippen LogP contribution >= 0.6 is 0 Å². The SMILES string of the molecule is F[B-](F)(F)F.N=CC=CN. The maximum Gasteiger partial charge on any atom is 0.673 e. The van der Waals surface area contributed by atoms with Crippen LogP contribution in [0.5, 0.6) is 0 Å². The van der Waals surface area contributed by atoms with E-state index in [0.29, 0.717) is 0 Å². The van der Waals surface area contributed by atoms with Crippen LogP contribution in [0.3, 0.4) is 0 Å². The van der Waals surface area contributed by atoms with Gasteiger partial charge in [-0.1, -0.05) is 0 Å². The molecule has 0 atom stereocenters. The molecule has 0 spiro atoms. The van der Waals surface area contributed by atoms with Gasteiger partial charge in [-0.25, -0.2) is 0 Å². The minimum Gasteiger partial charge on any atom is -0.418 e. The maximum atomic E-state index is 9.75. The van der Waals surface area contributed by atoms with Crippen molar-refractivity contribution in [3.63, 3.8) is 0 Å². The van der Waals surface area contributed by atoms with Gasteiger partial charge in [0.2, 0.25) is 0 Å². The Morgan fingerprint density at radius 1 is 1.20 bits per heavy atom. The molecule has 10 heavy (non-hydrogen) atoms. The van der Waals surface area contributed by atoms with E-state index in [1.165, 1.54) is 12.3 Å². The molecule has 3 N–H and O–H groups in total. The van der Waals surface area contributed by atoms with Crippen molar-refractivity contribution in [2.24, 2.45) is 5.73 Å². The first-order chi connectivity index (χ1) is 4.41. The van der Waals surface area contributed by atoms with Crippen molar-refractivity contribution in [2.45, 2.75) is 0 Å². The number of rotatable bonds is 1. The Labute approximate surface area is 55.3 Å². The van der Waals surface area contributed by atoms with Crippen LogP contribution in [-0.4, -0.2) is 13.5 Å². The molecule has 2 nitrogen and oxygen atoms in total. The average molecular weight is 157 g/mol. The van der Waals surface area contributed by atoms with Crippen LogP contribution in [0.2, 0.25) is 0 Å². The topological polar surface area (TPSA) is 49.9 Å². The molecule has 0 saturated heterocycles. The van der Waals surface area contributed by atoms with Gasteiger partial charge in [-0.05, 0) is 12.3 Å². The quantitative estimate of drug-likeness (QED) is 0.337. The van der Waals surface area contributed by atoms with E-state index in [0.717, 1.165) is 6.21 Å². The number of halogens is 4. The monoisotopic (exact) mass is 157 g/mol. The Bertz CT molecular complexity index is 104. The summed E-state index contributed by atoms with van der Waals surface area (Å²) in [5, 5.41) is 6.31. The normalized spacial score (nSPS) is 10.4. The highest BCUT2D eigenvalue weighted by atomic mass is 19.5. The van der Waals surface area contributed by atoms with Gasteiger partial charge in [-0.2, -0.15) is 0 Å². The third-order valence-corrected chi connectivity index (χ3v) is 0.207. The molecule has 0 aromatic carbocycles. The van der Waals surface area contributed by atoms with Crippen molar-refractivity contribution in [3.05, 3.63) is 12.3 Å². The molecule has 0 bridgehead atoms. The summed E-state index contributed by atoms with van der Waals surface area (Å²) < 4.78 is 39.0.